The van der Waals surface area contributed by atoms with Crippen LogP contribution in [0.1, 0.15) is 56.1 Å². The lowest BCUT2D eigenvalue weighted by atomic mass is 9.75. The molecule has 6 atom stereocenters. The van der Waals surface area contributed by atoms with Crippen molar-refractivity contribution < 1.29 is 18.0 Å². The van der Waals surface area contributed by atoms with Crippen LogP contribution in [0.2, 0.25) is 5.02 Å². The minimum atomic E-state index is -2.59. The lowest BCUT2D eigenvalue weighted by molar-refractivity contribution is -0.118. The molecule has 2 aromatic carbocycles. The van der Waals surface area contributed by atoms with Gasteiger partial charge in [-0.25, -0.2) is 13.2 Å². The van der Waals surface area contributed by atoms with E-state index in [1.54, 1.807) is 0 Å². The topological polar surface area (TPSA) is 56.1 Å². The van der Waals surface area contributed by atoms with Gasteiger partial charge in [-0.2, -0.15) is 5.26 Å². The summed E-state index contributed by atoms with van der Waals surface area (Å²) in [5.41, 5.74) is 2.61. The maximum atomic E-state index is 13.6. The second kappa shape index (κ2) is 10.1. The number of nitrogens with zero attached hydrogens (tertiary/aromatic N) is 2. The van der Waals surface area contributed by atoms with E-state index in [2.05, 4.69) is 17.5 Å². The Morgan fingerprint density at radius 1 is 1.21 bits per heavy atom. The van der Waals surface area contributed by atoms with Crippen molar-refractivity contribution in [1.29, 1.82) is 5.26 Å². The van der Waals surface area contributed by atoms with Crippen LogP contribution in [0.5, 0.6) is 0 Å². The molecule has 1 amide bonds. The van der Waals surface area contributed by atoms with Gasteiger partial charge in [0.2, 0.25) is 5.91 Å². The molecule has 6 rings (SSSR count). The van der Waals surface area contributed by atoms with Crippen molar-refractivity contribution in [1.82, 2.24) is 4.90 Å². The first-order chi connectivity index (χ1) is 18.7. The quantitative estimate of drug-likeness (QED) is 0.380. The minimum Gasteiger partial charge on any atom is -0.326 e. The smallest absolute Gasteiger partial charge is 0.261 e. The van der Waals surface area contributed by atoms with Gasteiger partial charge in [0, 0.05) is 24.6 Å². The Labute approximate surface area is 232 Å². The SMILES string of the molecule is N#Cc1cccc([C@]23CC[C@@H](C4C(CCCN5CCC(F)(F)C5)C4C(=O)Nc4ccc(F)c(Cl)c4)CC2C3)c1. The van der Waals surface area contributed by atoms with Gasteiger partial charge in [-0.05, 0) is 110 Å². The van der Waals surface area contributed by atoms with Gasteiger partial charge in [0.1, 0.15) is 5.82 Å². The van der Waals surface area contributed by atoms with Gasteiger partial charge in [0.05, 0.1) is 23.2 Å². The molecule has 1 saturated heterocycles. The summed E-state index contributed by atoms with van der Waals surface area (Å²) in [5.74, 6) is -1.81. The highest BCUT2D eigenvalue weighted by molar-refractivity contribution is 6.31. The van der Waals surface area contributed by atoms with Crippen LogP contribution in [0.25, 0.3) is 0 Å². The molecule has 3 saturated carbocycles. The fourth-order valence-electron chi connectivity index (χ4n) is 7.80. The number of alkyl halides is 2. The molecule has 2 aromatic rings. The van der Waals surface area contributed by atoms with Crippen molar-refractivity contribution in [3.63, 3.8) is 0 Å². The zero-order valence-corrected chi connectivity index (χ0v) is 22.6. The molecule has 3 aliphatic carbocycles. The Bertz CT molecular complexity index is 1310. The molecule has 0 spiro atoms. The Hall–Kier alpha value is -2.56. The zero-order chi connectivity index (χ0) is 27.4. The fourth-order valence-corrected chi connectivity index (χ4v) is 7.98. The Kier molecular flexibility index (Phi) is 6.92. The van der Waals surface area contributed by atoms with Gasteiger partial charge in [-0.3, -0.25) is 9.69 Å². The molecule has 206 valence electrons. The molecular weight excluding hydrogens is 523 g/mol. The Morgan fingerprint density at radius 3 is 2.77 bits per heavy atom. The molecule has 8 heteroatoms. The van der Waals surface area contributed by atoms with Crippen molar-refractivity contribution in [2.45, 2.75) is 56.3 Å². The van der Waals surface area contributed by atoms with Gasteiger partial charge < -0.3 is 5.32 Å². The number of carbonyl (C=O) groups is 1. The number of fused-ring (bicyclic) bond motifs is 1. The van der Waals surface area contributed by atoms with Gasteiger partial charge in [0.25, 0.3) is 5.92 Å². The van der Waals surface area contributed by atoms with Crippen LogP contribution in [0.3, 0.4) is 0 Å². The predicted molar refractivity (Wildman–Crippen MR) is 144 cm³/mol. The highest BCUT2D eigenvalue weighted by atomic mass is 35.5. The zero-order valence-electron chi connectivity index (χ0n) is 21.8. The number of hydrogen-bond donors (Lipinski definition) is 1. The molecule has 0 aromatic heterocycles. The molecule has 1 aliphatic heterocycles. The molecule has 1 N–H and O–H groups in total. The standard InChI is InChI=1S/C31H33ClF3N3O/c32-25-15-23(6-7-26(25)33)37-29(39)28-24(5-2-11-38-12-10-31(34,35)18-38)27(28)20-8-9-30(16-22(30)14-20)21-4-1-3-19(13-21)17-36/h1,3-4,6-7,13,15,20,22,24,27-28H,2,5,8-12,14,16,18H2,(H,37,39)/t20-,22?,24?,27?,28?,30-/m1/s1. The molecule has 0 radical (unpaired) electrons. The van der Waals surface area contributed by atoms with E-state index in [-0.39, 0.29) is 47.1 Å². The normalized spacial score (nSPS) is 32.7. The van der Waals surface area contributed by atoms with E-state index in [9.17, 15) is 23.2 Å². The minimum absolute atomic E-state index is 0.0306. The summed E-state index contributed by atoms with van der Waals surface area (Å²) < 4.78 is 40.9. The van der Waals surface area contributed by atoms with E-state index < -0.39 is 11.7 Å². The Balaban J connectivity index is 1.12. The number of amides is 1. The molecule has 4 fully saturated rings. The van der Waals surface area contributed by atoms with E-state index in [1.165, 1.54) is 23.8 Å². The Morgan fingerprint density at radius 2 is 2.05 bits per heavy atom. The fraction of sp³-hybridized carbons (Fsp3) is 0.548. The molecule has 4 aliphatic rings. The third-order valence-corrected chi connectivity index (χ3v) is 10.2. The van der Waals surface area contributed by atoms with Crippen molar-refractivity contribution in [2.75, 3.05) is 25.0 Å². The van der Waals surface area contributed by atoms with E-state index in [4.69, 9.17) is 11.6 Å². The monoisotopic (exact) mass is 555 g/mol. The molecule has 39 heavy (non-hydrogen) atoms. The highest BCUT2D eigenvalue weighted by Gasteiger charge is 2.63. The van der Waals surface area contributed by atoms with Crippen LogP contribution in [-0.4, -0.2) is 36.4 Å². The van der Waals surface area contributed by atoms with Crippen LogP contribution in [0, 0.1) is 46.7 Å². The van der Waals surface area contributed by atoms with Gasteiger partial charge in [-0.1, -0.05) is 23.7 Å². The largest absolute Gasteiger partial charge is 0.326 e. The number of benzene rings is 2. The highest BCUT2D eigenvalue weighted by Crippen LogP contribution is 2.68. The van der Waals surface area contributed by atoms with Crippen LogP contribution >= 0.6 is 11.6 Å². The first-order valence-corrected chi connectivity index (χ1v) is 14.4. The molecule has 0 bridgehead atoms. The van der Waals surface area contributed by atoms with E-state index in [1.807, 2.05) is 23.1 Å². The summed E-state index contributed by atoms with van der Waals surface area (Å²) in [6.45, 7) is 0.887. The molecular formula is C31H33ClF3N3O. The summed E-state index contributed by atoms with van der Waals surface area (Å²) in [7, 11) is 0. The van der Waals surface area contributed by atoms with Crippen LogP contribution < -0.4 is 5.32 Å². The van der Waals surface area contributed by atoms with Crippen LogP contribution in [-0.2, 0) is 10.2 Å². The third-order valence-electron chi connectivity index (χ3n) is 9.87. The molecule has 4 unspecified atom stereocenters. The maximum absolute atomic E-state index is 13.6. The van der Waals surface area contributed by atoms with Crippen molar-refractivity contribution in [3.8, 4) is 6.07 Å². The number of hydrogen-bond acceptors (Lipinski definition) is 3. The predicted octanol–water partition coefficient (Wildman–Crippen LogP) is 7.03. The van der Waals surface area contributed by atoms with Gasteiger partial charge in [-0.15, -0.1) is 0 Å². The summed E-state index contributed by atoms with van der Waals surface area (Å²) >= 11 is 5.92. The first kappa shape index (κ1) is 26.7. The van der Waals surface area contributed by atoms with Crippen LogP contribution in [0.4, 0.5) is 18.9 Å². The molecule has 4 nitrogen and oxygen atoms in total. The van der Waals surface area contributed by atoms with E-state index >= 15 is 0 Å². The number of nitrogens with one attached hydrogen (secondary N) is 1. The average molecular weight is 556 g/mol. The third kappa shape index (κ3) is 5.30. The number of nitriles is 1. The number of halogens is 4. The van der Waals surface area contributed by atoms with Crippen molar-refractivity contribution >= 4 is 23.2 Å². The summed E-state index contributed by atoms with van der Waals surface area (Å²) in [4.78, 5) is 15.2. The maximum Gasteiger partial charge on any atom is 0.261 e. The first-order valence-electron chi connectivity index (χ1n) is 14.1. The number of carbonyl (C=O) groups excluding carboxylic acids is 1. The van der Waals surface area contributed by atoms with E-state index in [0.717, 1.165) is 38.5 Å². The van der Waals surface area contributed by atoms with Crippen molar-refractivity contribution in [3.05, 3.63) is 64.4 Å². The number of rotatable bonds is 8. The van der Waals surface area contributed by atoms with Crippen molar-refractivity contribution in [2.24, 2.45) is 29.6 Å². The average Bonchev–Trinajstić information content (AvgIpc) is 3.80. The van der Waals surface area contributed by atoms with E-state index in [0.29, 0.717) is 36.2 Å². The lowest BCUT2D eigenvalue weighted by Gasteiger charge is -2.29. The molecule has 1 heterocycles. The second-order valence-corrected chi connectivity index (χ2v) is 12.6. The van der Waals surface area contributed by atoms with Gasteiger partial charge in [0.15, 0.2) is 0 Å². The van der Waals surface area contributed by atoms with Gasteiger partial charge >= 0.3 is 0 Å². The summed E-state index contributed by atoms with van der Waals surface area (Å²) in [6, 6.07) is 14.5. The number of likely N-dealkylation sites (tertiary alicyclic amines) is 1. The summed E-state index contributed by atoms with van der Waals surface area (Å²) in [6.07, 6.45) is 5.86. The summed E-state index contributed by atoms with van der Waals surface area (Å²) in [5, 5.41) is 12.3. The van der Waals surface area contributed by atoms with Crippen LogP contribution in [0.15, 0.2) is 42.5 Å². The lowest BCUT2D eigenvalue weighted by Crippen LogP contribution is -2.26. The number of anilines is 1. The second-order valence-electron chi connectivity index (χ2n) is 12.2.